The number of esters is 1. The van der Waals surface area contributed by atoms with Gasteiger partial charge in [-0.05, 0) is 43.4 Å². The molecule has 1 aromatic heterocycles. The van der Waals surface area contributed by atoms with E-state index in [1.807, 2.05) is 0 Å². The third-order valence-corrected chi connectivity index (χ3v) is 5.54. The second-order valence-electron chi connectivity index (χ2n) is 6.61. The van der Waals surface area contributed by atoms with Gasteiger partial charge in [-0.2, -0.15) is 13.2 Å². The number of aromatic nitrogens is 1. The number of rotatable bonds is 6. The number of carbonyl (C=O) groups excluding carboxylic acids is 2. The van der Waals surface area contributed by atoms with Crippen LogP contribution in [0, 0.1) is 0 Å². The van der Waals surface area contributed by atoms with Crippen molar-refractivity contribution in [3.05, 3.63) is 46.3 Å². The lowest BCUT2D eigenvalue weighted by atomic mass is 9.95. The van der Waals surface area contributed by atoms with Crippen LogP contribution in [-0.2, 0) is 20.8 Å². The quantitative estimate of drug-likeness (QED) is 0.510. The van der Waals surface area contributed by atoms with Crippen molar-refractivity contribution in [2.45, 2.75) is 36.8 Å². The van der Waals surface area contributed by atoms with E-state index in [2.05, 4.69) is 9.68 Å². The highest BCUT2D eigenvalue weighted by Crippen LogP contribution is 2.47. The van der Waals surface area contributed by atoms with E-state index in [0.717, 1.165) is 12.3 Å². The van der Waals surface area contributed by atoms with Crippen LogP contribution < -0.4 is 0 Å². The summed E-state index contributed by atoms with van der Waals surface area (Å²) in [6.07, 6.45) is -2.26. The standard InChI is InChI=1S/C18H16F3NO6S/c1-3-27-17(24)15-12(8-28-22-15)16(23)11-6-10(9-4-5-9)13(18(19,20)21)7-14(11)29(2,25)26/h6-9H,3-5H2,1-2H3. The predicted molar refractivity (Wildman–Crippen MR) is 92.4 cm³/mol. The molecule has 0 atom stereocenters. The van der Waals surface area contributed by atoms with Crippen LogP contribution in [0.4, 0.5) is 13.2 Å². The monoisotopic (exact) mass is 431 g/mol. The number of nitrogens with zero attached hydrogens (tertiary/aromatic N) is 1. The first-order valence-corrected chi connectivity index (χ1v) is 10.5. The summed E-state index contributed by atoms with van der Waals surface area (Å²) in [5.74, 6) is -2.39. The zero-order valence-corrected chi connectivity index (χ0v) is 16.2. The molecule has 2 aromatic rings. The molecule has 1 aromatic carbocycles. The number of ketones is 1. The fourth-order valence-electron chi connectivity index (χ4n) is 2.95. The molecule has 1 saturated carbocycles. The van der Waals surface area contributed by atoms with Crippen molar-refractivity contribution in [3.63, 3.8) is 0 Å². The number of alkyl halides is 3. The lowest BCUT2D eigenvalue weighted by molar-refractivity contribution is -0.138. The van der Waals surface area contributed by atoms with Gasteiger partial charge in [0.25, 0.3) is 0 Å². The normalized spacial score (nSPS) is 14.7. The molecule has 0 unspecified atom stereocenters. The van der Waals surface area contributed by atoms with Crippen LogP contribution in [0.1, 0.15) is 63.2 Å². The number of sulfone groups is 1. The van der Waals surface area contributed by atoms with Gasteiger partial charge in [0, 0.05) is 11.8 Å². The average molecular weight is 431 g/mol. The van der Waals surface area contributed by atoms with Crippen molar-refractivity contribution < 1.29 is 40.4 Å². The maximum absolute atomic E-state index is 13.5. The minimum Gasteiger partial charge on any atom is -0.461 e. The molecule has 1 aliphatic rings. The molecular formula is C18H16F3NO6S. The summed E-state index contributed by atoms with van der Waals surface area (Å²) >= 11 is 0. The van der Waals surface area contributed by atoms with E-state index in [1.54, 1.807) is 0 Å². The van der Waals surface area contributed by atoms with E-state index >= 15 is 0 Å². The van der Waals surface area contributed by atoms with Gasteiger partial charge in [0.2, 0.25) is 5.69 Å². The van der Waals surface area contributed by atoms with Crippen LogP contribution in [0.5, 0.6) is 0 Å². The smallest absolute Gasteiger partial charge is 0.416 e. The van der Waals surface area contributed by atoms with Crippen LogP contribution in [0.15, 0.2) is 27.8 Å². The predicted octanol–water partition coefficient (Wildman–Crippen LogP) is 3.38. The zero-order chi connectivity index (χ0) is 21.6. The number of ether oxygens (including phenoxy) is 1. The van der Waals surface area contributed by atoms with Crippen molar-refractivity contribution in [1.29, 1.82) is 0 Å². The molecule has 3 rings (SSSR count). The van der Waals surface area contributed by atoms with Crippen LogP contribution >= 0.6 is 0 Å². The molecule has 11 heteroatoms. The molecule has 29 heavy (non-hydrogen) atoms. The van der Waals surface area contributed by atoms with Gasteiger partial charge in [0.1, 0.15) is 6.26 Å². The summed E-state index contributed by atoms with van der Waals surface area (Å²) < 4.78 is 74.3. The SMILES string of the molecule is CCOC(=O)c1nocc1C(=O)c1cc(C2CC2)c(C(F)(F)F)cc1S(C)(=O)=O. The molecule has 1 aliphatic carbocycles. The molecule has 0 aliphatic heterocycles. The third kappa shape index (κ3) is 4.19. The molecule has 0 bridgehead atoms. The number of benzene rings is 1. The third-order valence-electron chi connectivity index (χ3n) is 4.40. The Kier molecular flexibility index (Phi) is 5.28. The van der Waals surface area contributed by atoms with Gasteiger partial charge in [-0.1, -0.05) is 5.16 Å². The minimum absolute atomic E-state index is 0.0139. The molecular weight excluding hydrogens is 415 g/mol. The molecule has 0 saturated heterocycles. The average Bonchev–Trinajstić information content (AvgIpc) is 3.34. The lowest BCUT2D eigenvalue weighted by Crippen LogP contribution is -2.17. The molecule has 0 spiro atoms. The number of hydrogen-bond acceptors (Lipinski definition) is 7. The van der Waals surface area contributed by atoms with Crippen LogP contribution in [0.2, 0.25) is 0 Å². The van der Waals surface area contributed by atoms with E-state index in [4.69, 9.17) is 4.74 Å². The molecule has 1 fully saturated rings. The Balaban J connectivity index is 2.22. The summed E-state index contributed by atoms with van der Waals surface area (Å²) in [7, 11) is -4.21. The summed E-state index contributed by atoms with van der Waals surface area (Å²) in [5, 5.41) is 3.40. The maximum atomic E-state index is 13.5. The van der Waals surface area contributed by atoms with Gasteiger partial charge in [-0.3, -0.25) is 4.79 Å². The largest absolute Gasteiger partial charge is 0.461 e. The van der Waals surface area contributed by atoms with Gasteiger partial charge >= 0.3 is 12.1 Å². The Labute approximate surface area is 163 Å². The van der Waals surface area contributed by atoms with E-state index < -0.39 is 61.0 Å². The number of halogens is 3. The zero-order valence-electron chi connectivity index (χ0n) is 15.4. The van der Waals surface area contributed by atoms with Crippen molar-refractivity contribution in [2.75, 3.05) is 12.9 Å². The highest BCUT2D eigenvalue weighted by Gasteiger charge is 2.41. The first kappa shape index (κ1) is 21.0. The molecule has 1 heterocycles. The van der Waals surface area contributed by atoms with Crippen molar-refractivity contribution in [2.24, 2.45) is 0 Å². The van der Waals surface area contributed by atoms with E-state index in [9.17, 15) is 31.2 Å². The van der Waals surface area contributed by atoms with E-state index in [-0.39, 0.29) is 12.2 Å². The van der Waals surface area contributed by atoms with Crippen molar-refractivity contribution in [3.8, 4) is 0 Å². The Morgan fingerprint density at radius 2 is 1.90 bits per heavy atom. The summed E-state index contributed by atoms with van der Waals surface area (Å²) in [5.41, 5.74) is -2.59. The first-order chi connectivity index (χ1) is 13.4. The highest BCUT2D eigenvalue weighted by molar-refractivity contribution is 7.90. The van der Waals surface area contributed by atoms with E-state index in [1.165, 1.54) is 6.92 Å². The highest BCUT2D eigenvalue weighted by atomic mass is 32.2. The molecule has 0 radical (unpaired) electrons. The first-order valence-electron chi connectivity index (χ1n) is 8.56. The second-order valence-corrected chi connectivity index (χ2v) is 8.59. The molecule has 156 valence electrons. The Bertz CT molecular complexity index is 1080. The summed E-state index contributed by atoms with van der Waals surface area (Å²) in [6, 6.07) is 1.43. The van der Waals surface area contributed by atoms with Gasteiger partial charge in [-0.15, -0.1) is 0 Å². The van der Waals surface area contributed by atoms with Gasteiger partial charge in [-0.25, -0.2) is 13.2 Å². The van der Waals surface area contributed by atoms with Gasteiger partial charge < -0.3 is 9.26 Å². The Hall–Kier alpha value is -2.69. The van der Waals surface area contributed by atoms with Gasteiger partial charge in [0.15, 0.2) is 15.6 Å². The Morgan fingerprint density at radius 1 is 1.24 bits per heavy atom. The van der Waals surface area contributed by atoms with Crippen LogP contribution in [-0.4, -0.2) is 38.2 Å². The van der Waals surface area contributed by atoms with Gasteiger partial charge in [0.05, 0.1) is 22.6 Å². The Morgan fingerprint density at radius 3 is 2.41 bits per heavy atom. The lowest BCUT2D eigenvalue weighted by Gasteiger charge is -2.17. The molecule has 0 N–H and O–H groups in total. The number of carbonyl (C=O) groups is 2. The summed E-state index contributed by atoms with van der Waals surface area (Å²) in [4.78, 5) is 24.2. The second kappa shape index (κ2) is 7.29. The van der Waals surface area contributed by atoms with Crippen molar-refractivity contribution in [1.82, 2.24) is 5.16 Å². The van der Waals surface area contributed by atoms with Crippen LogP contribution in [0.3, 0.4) is 0 Å². The maximum Gasteiger partial charge on any atom is 0.416 e. The molecule has 7 nitrogen and oxygen atoms in total. The van der Waals surface area contributed by atoms with Crippen LogP contribution in [0.25, 0.3) is 0 Å². The molecule has 0 amide bonds. The fourth-order valence-corrected chi connectivity index (χ4v) is 3.83. The summed E-state index contributed by atoms with van der Waals surface area (Å²) in [6.45, 7) is 1.51. The van der Waals surface area contributed by atoms with E-state index in [0.29, 0.717) is 25.2 Å². The fraction of sp³-hybridized carbons (Fsp3) is 0.389. The number of hydrogen-bond donors (Lipinski definition) is 0. The topological polar surface area (TPSA) is 104 Å². The van der Waals surface area contributed by atoms with Crippen molar-refractivity contribution >= 4 is 21.6 Å². The minimum atomic E-state index is -4.79.